The van der Waals surface area contributed by atoms with Crippen LogP contribution in [0.3, 0.4) is 0 Å². The monoisotopic (exact) mass is 232 g/mol. The van der Waals surface area contributed by atoms with Gasteiger partial charge in [0.05, 0.1) is 0 Å². The first-order valence-electron chi connectivity index (χ1n) is 6.72. The summed E-state index contributed by atoms with van der Waals surface area (Å²) in [7, 11) is 2.26. The van der Waals surface area contributed by atoms with Crippen molar-refractivity contribution in [2.45, 2.75) is 38.8 Å². The molecule has 1 heterocycles. The number of rotatable bonds is 3. The predicted octanol–water partition coefficient (Wildman–Crippen LogP) is 2.57. The summed E-state index contributed by atoms with van der Waals surface area (Å²) >= 11 is 0. The van der Waals surface area contributed by atoms with Crippen LogP contribution in [0, 0.1) is 6.92 Å². The molecule has 0 spiro atoms. The third kappa shape index (κ3) is 3.83. The van der Waals surface area contributed by atoms with Crippen molar-refractivity contribution in [1.29, 1.82) is 0 Å². The van der Waals surface area contributed by atoms with Crippen LogP contribution in [0.1, 0.15) is 30.4 Å². The molecule has 2 nitrogen and oxygen atoms in total. The van der Waals surface area contributed by atoms with Gasteiger partial charge in [0.2, 0.25) is 0 Å². The van der Waals surface area contributed by atoms with Gasteiger partial charge in [-0.2, -0.15) is 0 Å². The van der Waals surface area contributed by atoms with Crippen LogP contribution < -0.4 is 5.32 Å². The first kappa shape index (κ1) is 12.6. The van der Waals surface area contributed by atoms with Crippen LogP contribution in [0.2, 0.25) is 0 Å². The Hall–Kier alpha value is -0.860. The van der Waals surface area contributed by atoms with Crippen molar-refractivity contribution in [2.24, 2.45) is 0 Å². The lowest BCUT2D eigenvalue weighted by atomic mass is 10.1. The van der Waals surface area contributed by atoms with Crippen molar-refractivity contribution in [3.05, 3.63) is 35.4 Å². The Bertz CT molecular complexity index is 323. The van der Waals surface area contributed by atoms with E-state index in [9.17, 15) is 0 Å². The number of nitrogens with one attached hydrogen (secondary N) is 1. The zero-order valence-corrected chi connectivity index (χ0v) is 11.1. The Balaban J connectivity index is 1.90. The van der Waals surface area contributed by atoms with E-state index in [0.717, 1.165) is 12.6 Å². The number of benzene rings is 1. The summed E-state index contributed by atoms with van der Waals surface area (Å²) in [6.45, 7) is 5.58. The minimum Gasteiger partial charge on any atom is -0.317 e. The lowest BCUT2D eigenvalue weighted by Crippen LogP contribution is -2.31. The summed E-state index contributed by atoms with van der Waals surface area (Å²) < 4.78 is 0. The summed E-state index contributed by atoms with van der Waals surface area (Å²) in [5, 5.41) is 3.48. The zero-order valence-electron chi connectivity index (χ0n) is 11.1. The normalized spacial score (nSPS) is 21.5. The van der Waals surface area contributed by atoms with Crippen LogP contribution in [0.15, 0.2) is 24.3 Å². The number of aryl methyl sites for hydroxylation is 1. The minimum atomic E-state index is 0.742. The molecular formula is C15H24N2. The van der Waals surface area contributed by atoms with Crippen molar-refractivity contribution in [3.63, 3.8) is 0 Å². The second-order valence-corrected chi connectivity index (χ2v) is 5.24. The second kappa shape index (κ2) is 6.18. The maximum Gasteiger partial charge on any atom is 0.0233 e. The Kier molecular flexibility index (Phi) is 4.57. The molecule has 0 aliphatic carbocycles. The predicted molar refractivity (Wildman–Crippen MR) is 73.2 cm³/mol. The molecule has 0 saturated carbocycles. The molecular weight excluding hydrogens is 208 g/mol. The van der Waals surface area contributed by atoms with Gasteiger partial charge in [-0.1, -0.05) is 29.8 Å². The molecule has 17 heavy (non-hydrogen) atoms. The molecule has 0 aromatic heterocycles. The van der Waals surface area contributed by atoms with E-state index < -0.39 is 0 Å². The van der Waals surface area contributed by atoms with Gasteiger partial charge in [0.25, 0.3) is 0 Å². The topological polar surface area (TPSA) is 15.3 Å². The lowest BCUT2D eigenvalue weighted by Gasteiger charge is -2.26. The highest BCUT2D eigenvalue weighted by Crippen LogP contribution is 2.15. The molecule has 0 bridgehead atoms. The summed E-state index contributed by atoms with van der Waals surface area (Å²) in [6.07, 6.45) is 3.92. The smallest absolute Gasteiger partial charge is 0.0233 e. The van der Waals surface area contributed by atoms with Crippen molar-refractivity contribution in [2.75, 3.05) is 20.1 Å². The fourth-order valence-corrected chi connectivity index (χ4v) is 2.55. The zero-order chi connectivity index (χ0) is 12.1. The lowest BCUT2D eigenvalue weighted by molar-refractivity contribution is 0.216. The Labute approximate surface area is 105 Å². The standard InChI is InChI=1S/C15H24N2/c1-13-5-7-14(8-6-13)12-17(2)15-4-3-10-16-11-9-15/h5-8,15-16H,3-4,9-12H2,1-2H3. The van der Waals surface area contributed by atoms with Gasteiger partial charge in [-0.05, 0) is 51.9 Å². The van der Waals surface area contributed by atoms with E-state index in [0.29, 0.717) is 0 Å². The Morgan fingerprint density at radius 1 is 1.18 bits per heavy atom. The Morgan fingerprint density at radius 2 is 1.94 bits per heavy atom. The fourth-order valence-electron chi connectivity index (χ4n) is 2.55. The third-order valence-electron chi connectivity index (χ3n) is 3.72. The van der Waals surface area contributed by atoms with Gasteiger partial charge in [-0.3, -0.25) is 4.90 Å². The van der Waals surface area contributed by atoms with Crippen molar-refractivity contribution >= 4 is 0 Å². The molecule has 2 rings (SSSR count). The van der Waals surface area contributed by atoms with Crippen LogP contribution in [-0.4, -0.2) is 31.1 Å². The Morgan fingerprint density at radius 3 is 2.71 bits per heavy atom. The van der Waals surface area contributed by atoms with Crippen LogP contribution in [0.4, 0.5) is 0 Å². The van der Waals surface area contributed by atoms with E-state index in [1.54, 1.807) is 0 Å². The number of nitrogens with zero attached hydrogens (tertiary/aromatic N) is 1. The quantitative estimate of drug-likeness (QED) is 0.861. The van der Waals surface area contributed by atoms with Crippen molar-refractivity contribution in [1.82, 2.24) is 10.2 Å². The van der Waals surface area contributed by atoms with E-state index in [-0.39, 0.29) is 0 Å². The highest BCUT2D eigenvalue weighted by molar-refractivity contribution is 5.21. The van der Waals surface area contributed by atoms with Crippen LogP contribution in [0.5, 0.6) is 0 Å². The maximum absolute atomic E-state index is 3.48. The molecule has 1 N–H and O–H groups in total. The van der Waals surface area contributed by atoms with E-state index >= 15 is 0 Å². The summed E-state index contributed by atoms with van der Waals surface area (Å²) in [5.41, 5.74) is 2.77. The third-order valence-corrected chi connectivity index (χ3v) is 3.72. The van der Waals surface area contributed by atoms with E-state index in [2.05, 4.69) is 48.5 Å². The van der Waals surface area contributed by atoms with Gasteiger partial charge in [0.1, 0.15) is 0 Å². The largest absolute Gasteiger partial charge is 0.317 e. The van der Waals surface area contributed by atoms with Gasteiger partial charge in [0.15, 0.2) is 0 Å². The highest BCUT2D eigenvalue weighted by Gasteiger charge is 2.16. The molecule has 1 unspecified atom stereocenters. The molecule has 1 aromatic rings. The van der Waals surface area contributed by atoms with Crippen molar-refractivity contribution in [3.8, 4) is 0 Å². The molecule has 94 valence electrons. The molecule has 2 heteroatoms. The first-order valence-corrected chi connectivity index (χ1v) is 6.72. The second-order valence-electron chi connectivity index (χ2n) is 5.24. The summed E-state index contributed by atoms with van der Waals surface area (Å²) in [4.78, 5) is 2.51. The van der Waals surface area contributed by atoms with Gasteiger partial charge in [-0.15, -0.1) is 0 Å². The maximum atomic E-state index is 3.48. The highest BCUT2D eigenvalue weighted by atomic mass is 15.1. The van der Waals surface area contributed by atoms with Crippen LogP contribution >= 0.6 is 0 Å². The van der Waals surface area contributed by atoms with Gasteiger partial charge in [0, 0.05) is 12.6 Å². The van der Waals surface area contributed by atoms with Crippen LogP contribution in [0.25, 0.3) is 0 Å². The molecule has 1 saturated heterocycles. The number of hydrogen-bond donors (Lipinski definition) is 1. The van der Waals surface area contributed by atoms with Gasteiger partial charge < -0.3 is 5.32 Å². The fraction of sp³-hybridized carbons (Fsp3) is 0.600. The van der Waals surface area contributed by atoms with E-state index in [4.69, 9.17) is 0 Å². The van der Waals surface area contributed by atoms with E-state index in [1.807, 2.05) is 0 Å². The van der Waals surface area contributed by atoms with Gasteiger partial charge in [-0.25, -0.2) is 0 Å². The molecule has 1 aromatic carbocycles. The van der Waals surface area contributed by atoms with Gasteiger partial charge >= 0.3 is 0 Å². The molecule has 0 amide bonds. The molecule has 1 atom stereocenters. The minimum absolute atomic E-state index is 0.742. The molecule has 0 radical (unpaired) electrons. The molecule has 1 aliphatic rings. The van der Waals surface area contributed by atoms with Crippen molar-refractivity contribution < 1.29 is 0 Å². The molecule has 1 fully saturated rings. The molecule has 1 aliphatic heterocycles. The van der Waals surface area contributed by atoms with E-state index in [1.165, 1.54) is 43.5 Å². The van der Waals surface area contributed by atoms with Crippen LogP contribution in [-0.2, 0) is 6.54 Å². The summed E-state index contributed by atoms with van der Waals surface area (Å²) in [5.74, 6) is 0. The summed E-state index contributed by atoms with van der Waals surface area (Å²) in [6, 6.07) is 9.66. The SMILES string of the molecule is Cc1ccc(CN(C)C2CCCNCC2)cc1. The first-order chi connectivity index (χ1) is 8.25. The average Bonchev–Trinajstić information content (AvgIpc) is 2.61. The number of hydrogen-bond acceptors (Lipinski definition) is 2. The average molecular weight is 232 g/mol.